The molecule has 1 aromatic rings. The summed E-state index contributed by atoms with van der Waals surface area (Å²) in [4.78, 5) is 8.49. The van der Waals surface area contributed by atoms with Crippen LogP contribution in [0.5, 0.6) is 0 Å². The van der Waals surface area contributed by atoms with Gasteiger partial charge >= 0.3 is 0 Å². The molecule has 0 aromatic heterocycles. The van der Waals surface area contributed by atoms with Gasteiger partial charge in [0.25, 0.3) is 5.91 Å². The number of allylic oxidation sites excluding steroid dienone is 1. The minimum absolute atomic E-state index is 0.291. The van der Waals surface area contributed by atoms with Gasteiger partial charge in [-0.3, -0.25) is 10.7 Å². The molecular weight excluding hydrogens is 245 g/mol. The van der Waals surface area contributed by atoms with E-state index < -0.39 is 5.91 Å². The maximum absolute atomic E-state index is 12.9. The molecule has 0 aliphatic carbocycles. The molecule has 1 atom stereocenters. The van der Waals surface area contributed by atoms with E-state index in [4.69, 9.17) is 5.73 Å². The summed E-state index contributed by atoms with van der Waals surface area (Å²) in [5.74, 6) is -1.43. The zero-order valence-electron chi connectivity index (χ0n) is 10.2. The molecule has 0 saturated heterocycles. The Hall–Kier alpha value is -2.21. The summed E-state index contributed by atoms with van der Waals surface area (Å²) in [6, 6.07) is 5.95. The molecule has 4 N–H and O–H groups in total. The molecule has 2 aliphatic heterocycles. The Bertz CT molecular complexity index is 575. The van der Waals surface area contributed by atoms with Crippen molar-refractivity contribution >= 4 is 18.1 Å². The normalized spacial score (nSPS) is 24.9. The van der Waals surface area contributed by atoms with Crippen LogP contribution in [0.3, 0.4) is 0 Å². The standard InChI is InChI=1S/C13H14FN5/c14-10-1-3-11(4-2-10)18-13(15)17-7-9-5-6-16-8-12(9)19-13/h1-4,7-8,18-19H,5-6,15H2. The minimum Gasteiger partial charge on any atom is -0.331 e. The quantitative estimate of drug-likeness (QED) is 0.699. The molecule has 2 heterocycles. The van der Waals surface area contributed by atoms with E-state index in [9.17, 15) is 4.39 Å². The largest absolute Gasteiger partial charge is 0.331 e. The van der Waals surface area contributed by atoms with Gasteiger partial charge in [0.1, 0.15) is 5.82 Å². The lowest BCUT2D eigenvalue weighted by molar-refractivity contribution is 0.442. The predicted molar refractivity (Wildman–Crippen MR) is 73.6 cm³/mol. The average Bonchev–Trinajstić information content (AvgIpc) is 2.41. The third kappa shape index (κ3) is 2.48. The molecule has 0 radical (unpaired) electrons. The first-order chi connectivity index (χ1) is 9.15. The SMILES string of the molecule is NC1(Nc2ccc(F)cc2)N=CC2=C(C=NCC2)N1. The van der Waals surface area contributed by atoms with Crippen LogP contribution in [-0.2, 0) is 0 Å². The van der Waals surface area contributed by atoms with Gasteiger partial charge in [0.15, 0.2) is 0 Å². The summed E-state index contributed by atoms with van der Waals surface area (Å²) in [5.41, 5.74) is 8.78. The number of halogens is 1. The number of hydrogen-bond donors (Lipinski definition) is 3. The number of rotatable bonds is 2. The number of benzene rings is 1. The van der Waals surface area contributed by atoms with Crippen molar-refractivity contribution in [3.05, 3.63) is 41.4 Å². The van der Waals surface area contributed by atoms with Crippen LogP contribution in [0, 0.1) is 5.82 Å². The molecule has 5 nitrogen and oxygen atoms in total. The summed E-state index contributed by atoms with van der Waals surface area (Å²) in [6.07, 6.45) is 4.38. The van der Waals surface area contributed by atoms with Gasteiger partial charge in [0, 0.05) is 24.7 Å². The maximum Gasteiger partial charge on any atom is 0.263 e. The number of aliphatic imine (C=N–C) groups is 2. The van der Waals surface area contributed by atoms with Crippen molar-refractivity contribution in [2.24, 2.45) is 15.7 Å². The van der Waals surface area contributed by atoms with E-state index in [0.29, 0.717) is 5.69 Å². The van der Waals surface area contributed by atoms with Crippen molar-refractivity contribution in [2.45, 2.75) is 12.3 Å². The number of hydrogen-bond acceptors (Lipinski definition) is 5. The summed E-state index contributed by atoms with van der Waals surface area (Å²) in [5, 5.41) is 6.12. The molecule has 98 valence electrons. The number of dihydropyridines is 1. The monoisotopic (exact) mass is 259 g/mol. The van der Waals surface area contributed by atoms with E-state index in [1.54, 1.807) is 24.6 Å². The molecule has 2 aliphatic rings. The number of nitrogens with zero attached hydrogens (tertiary/aromatic N) is 2. The molecule has 19 heavy (non-hydrogen) atoms. The smallest absolute Gasteiger partial charge is 0.263 e. The summed E-state index contributed by atoms with van der Waals surface area (Å²) in [7, 11) is 0. The molecule has 1 aromatic carbocycles. The highest BCUT2D eigenvalue weighted by Crippen LogP contribution is 2.19. The number of anilines is 1. The Morgan fingerprint density at radius 1 is 1.26 bits per heavy atom. The lowest BCUT2D eigenvalue weighted by atomic mass is 10.1. The zero-order chi connectivity index (χ0) is 13.3. The summed E-state index contributed by atoms with van der Waals surface area (Å²) in [6.45, 7) is 0.773. The molecule has 0 fully saturated rings. The van der Waals surface area contributed by atoms with E-state index >= 15 is 0 Å². The fraction of sp³-hybridized carbons (Fsp3) is 0.231. The minimum atomic E-state index is -1.14. The van der Waals surface area contributed by atoms with Gasteiger partial charge in [-0.2, -0.15) is 0 Å². The second-order valence-electron chi connectivity index (χ2n) is 4.51. The first kappa shape index (κ1) is 11.9. The van der Waals surface area contributed by atoms with Crippen LogP contribution < -0.4 is 16.4 Å². The Balaban J connectivity index is 1.78. The van der Waals surface area contributed by atoms with Gasteiger partial charge in [-0.15, -0.1) is 0 Å². The Morgan fingerprint density at radius 3 is 2.84 bits per heavy atom. The number of nitrogens with two attached hydrogens (primary N) is 1. The molecule has 0 bridgehead atoms. The first-order valence-electron chi connectivity index (χ1n) is 6.04. The van der Waals surface area contributed by atoms with E-state index in [0.717, 1.165) is 24.2 Å². The van der Waals surface area contributed by atoms with Gasteiger partial charge in [-0.05, 0) is 36.3 Å². The van der Waals surface area contributed by atoms with Gasteiger partial charge < -0.3 is 10.6 Å². The van der Waals surface area contributed by atoms with Gasteiger partial charge in [0.05, 0.1) is 5.70 Å². The van der Waals surface area contributed by atoms with Gasteiger partial charge in [-0.1, -0.05) is 0 Å². The van der Waals surface area contributed by atoms with Crippen molar-refractivity contribution in [3.63, 3.8) is 0 Å². The van der Waals surface area contributed by atoms with Gasteiger partial charge in [-0.25, -0.2) is 9.38 Å². The Morgan fingerprint density at radius 2 is 2.05 bits per heavy atom. The fourth-order valence-electron chi connectivity index (χ4n) is 2.04. The van der Waals surface area contributed by atoms with Crippen molar-refractivity contribution in [1.82, 2.24) is 5.32 Å². The topological polar surface area (TPSA) is 74.8 Å². The van der Waals surface area contributed by atoms with E-state index in [1.807, 2.05) is 0 Å². The molecule has 3 rings (SSSR count). The lowest BCUT2D eigenvalue weighted by Crippen LogP contribution is -2.59. The fourth-order valence-corrected chi connectivity index (χ4v) is 2.04. The van der Waals surface area contributed by atoms with Crippen LogP contribution in [0.2, 0.25) is 0 Å². The summed E-state index contributed by atoms with van der Waals surface area (Å²) >= 11 is 0. The second-order valence-corrected chi connectivity index (χ2v) is 4.51. The zero-order valence-corrected chi connectivity index (χ0v) is 10.2. The maximum atomic E-state index is 12.9. The van der Waals surface area contributed by atoms with Crippen LogP contribution in [-0.4, -0.2) is 24.9 Å². The molecule has 0 amide bonds. The van der Waals surface area contributed by atoms with Crippen molar-refractivity contribution < 1.29 is 4.39 Å². The molecule has 0 spiro atoms. The summed E-state index contributed by atoms with van der Waals surface area (Å²) < 4.78 is 12.9. The van der Waals surface area contributed by atoms with Crippen LogP contribution in [0.15, 0.2) is 45.5 Å². The van der Waals surface area contributed by atoms with Crippen molar-refractivity contribution in [2.75, 3.05) is 11.9 Å². The van der Waals surface area contributed by atoms with Crippen molar-refractivity contribution in [3.8, 4) is 0 Å². The third-order valence-electron chi connectivity index (χ3n) is 3.00. The molecular formula is C13H14FN5. The highest BCUT2D eigenvalue weighted by Gasteiger charge is 2.28. The van der Waals surface area contributed by atoms with E-state index in [2.05, 4.69) is 20.6 Å². The highest BCUT2D eigenvalue weighted by atomic mass is 19.1. The third-order valence-corrected chi connectivity index (χ3v) is 3.00. The number of nitrogens with one attached hydrogen (secondary N) is 2. The highest BCUT2D eigenvalue weighted by molar-refractivity contribution is 5.93. The molecule has 6 heteroatoms. The molecule has 0 saturated carbocycles. The molecule has 1 unspecified atom stereocenters. The van der Waals surface area contributed by atoms with E-state index in [1.165, 1.54) is 12.1 Å². The van der Waals surface area contributed by atoms with Crippen LogP contribution in [0.4, 0.5) is 10.1 Å². The Kier molecular flexibility index (Phi) is 2.79. The van der Waals surface area contributed by atoms with Crippen LogP contribution in [0.1, 0.15) is 6.42 Å². The predicted octanol–water partition coefficient (Wildman–Crippen LogP) is 1.21. The first-order valence-corrected chi connectivity index (χ1v) is 6.04. The lowest BCUT2D eigenvalue weighted by Gasteiger charge is -2.33. The van der Waals surface area contributed by atoms with Gasteiger partial charge in [0.2, 0.25) is 0 Å². The second kappa shape index (κ2) is 4.47. The Labute approximate surface area is 110 Å². The van der Waals surface area contributed by atoms with Crippen LogP contribution in [0.25, 0.3) is 0 Å². The average molecular weight is 259 g/mol. The van der Waals surface area contributed by atoms with E-state index in [-0.39, 0.29) is 5.82 Å². The van der Waals surface area contributed by atoms with Crippen molar-refractivity contribution in [1.29, 1.82) is 0 Å². The van der Waals surface area contributed by atoms with Crippen LogP contribution >= 0.6 is 0 Å².